The monoisotopic (exact) mass is 718 g/mol. The summed E-state index contributed by atoms with van der Waals surface area (Å²) in [5.41, 5.74) is 16.1. The van der Waals surface area contributed by atoms with Crippen molar-refractivity contribution in [3.05, 3.63) is 170 Å². The molecule has 0 radical (unpaired) electrons. The van der Waals surface area contributed by atoms with Gasteiger partial charge in [0.2, 0.25) is 13.4 Å². The van der Waals surface area contributed by atoms with E-state index in [0.29, 0.717) is 0 Å². The number of hydrogen-bond acceptors (Lipinski definition) is 2. The van der Waals surface area contributed by atoms with Gasteiger partial charge in [-0.15, -0.1) is 0 Å². The van der Waals surface area contributed by atoms with Crippen LogP contribution in [0.2, 0.25) is 0 Å². The Hall–Kier alpha value is -5.81. The predicted octanol–water partition coefficient (Wildman–Crippen LogP) is 8.16. The first-order valence-corrected chi connectivity index (χ1v) is 20.3. The summed E-state index contributed by atoms with van der Waals surface area (Å²) in [4.78, 5) is 5.45. The highest BCUT2D eigenvalue weighted by Crippen LogP contribution is 2.38. The van der Waals surface area contributed by atoms with Crippen LogP contribution in [0.25, 0.3) is 55.0 Å². The molecule has 0 N–H and O–H groups in total. The maximum atomic E-state index is 2.44. The second-order valence-electron chi connectivity index (χ2n) is 14.8. The Bertz CT molecular complexity index is 2940. The third-order valence-corrected chi connectivity index (χ3v) is 14.4. The molecule has 3 aliphatic heterocycles. The highest BCUT2D eigenvalue weighted by Gasteiger charge is 2.46. The standard InChI is InChI=1S/C48H28B2N2S2/c1-5-17-39-31(11-1)32-12-2-6-18-40(32)51(39)29-23-25-35-45(27-29)53-43-21-9-16-38-47(43)49(35)37-15-10-22-44-48(37)50(38)36-26-24-30(28-46(36)54-44)52-41-19-7-3-13-33(41)34-14-4-8-20-42(34)52/h1-28H. The van der Waals surface area contributed by atoms with Gasteiger partial charge in [0.15, 0.2) is 0 Å². The number of para-hydroxylation sites is 4. The lowest BCUT2D eigenvalue weighted by molar-refractivity contribution is 1.16. The second-order valence-corrected chi connectivity index (χ2v) is 16.9. The first-order chi connectivity index (χ1) is 26.8. The van der Waals surface area contributed by atoms with Gasteiger partial charge in [0, 0.05) is 52.5 Å². The predicted molar refractivity (Wildman–Crippen MR) is 232 cm³/mol. The first-order valence-electron chi connectivity index (χ1n) is 18.7. The minimum absolute atomic E-state index is 0.199. The van der Waals surface area contributed by atoms with E-state index in [9.17, 15) is 0 Å². The molecule has 0 saturated carbocycles. The van der Waals surface area contributed by atoms with Crippen molar-refractivity contribution in [2.75, 3.05) is 0 Å². The second kappa shape index (κ2) is 10.9. The van der Waals surface area contributed by atoms with Crippen LogP contribution in [0.3, 0.4) is 0 Å². The van der Waals surface area contributed by atoms with Gasteiger partial charge in [-0.2, -0.15) is 0 Å². The molecule has 0 bridgehead atoms. The summed E-state index contributed by atoms with van der Waals surface area (Å²) >= 11 is 3.89. The van der Waals surface area contributed by atoms with Crippen molar-refractivity contribution in [3.63, 3.8) is 0 Å². The molecule has 6 heteroatoms. The molecular formula is C48H28B2N2S2. The molecule has 3 aliphatic rings. The average molecular weight is 719 g/mol. The zero-order valence-corrected chi connectivity index (χ0v) is 30.7. The van der Waals surface area contributed by atoms with Crippen LogP contribution in [-0.4, -0.2) is 22.6 Å². The molecule has 10 aromatic rings. The molecule has 2 nitrogen and oxygen atoms in total. The minimum atomic E-state index is 0.199. The number of benzene rings is 8. The van der Waals surface area contributed by atoms with E-state index in [-0.39, 0.29) is 13.4 Å². The lowest BCUT2D eigenvalue weighted by atomic mass is 9.21. The van der Waals surface area contributed by atoms with Crippen molar-refractivity contribution in [1.29, 1.82) is 0 Å². The summed E-state index contributed by atoms with van der Waals surface area (Å²) in [6.45, 7) is 0.398. The number of fused-ring (bicyclic) bond motifs is 12. The van der Waals surface area contributed by atoms with E-state index in [4.69, 9.17) is 0 Å². The molecule has 0 spiro atoms. The third-order valence-electron chi connectivity index (χ3n) is 12.1. The van der Waals surface area contributed by atoms with Gasteiger partial charge in [0.1, 0.15) is 0 Å². The molecule has 0 fully saturated rings. The summed E-state index contributed by atoms with van der Waals surface area (Å²) in [5, 5.41) is 5.18. The molecule has 8 aromatic carbocycles. The fourth-order valence-corrected chi connectivity index (χ4v) is 12.4. The zero-order valence-electron chi connectivity index (χ0n) is 29.0. The van der Waals surface area contributed by atoms with Crippen LogP contribution in [-0.2, 0) is 0 Å². The summed E-state index contributed by atoms with van der Waals surface area (Å²) in [7, 11) is 0. The normalized spacial score (nSPS) is 13.7. The van der Waals surface area contributed by atoms with Crippen LogP contribution in [0.15, 0.2) is 189 Å². The Kier molecular flexibility index (Phi) is 5.97. The minimum Gasteiger partial charge on any atom is -0.309 e. The Labute approximate surface area is 321 Å². The lowest BCUT2D eigenvalue weighted by Gasteiger charge is -2.39. The van der Waals surface area contributed by atoms with E-state index in [2.05, 4.69) is 179 Å². The van der Waals surface area contributed by atoms with Crippen LogP contribution in [0.1, 0.15) is 0 Å². The van der Waals surface area contributed by atoms with Crippen molar-refractivity contribution >= 4 is 113 Å². The van der Waals surface area contributed by atoms with Crippen molar-refractivity contribution in [2.24, 2.45) is 0 Å². The van der Waals surface area contributed by atoms with Gasteiger partial charge in [0.05, 0.1) is 22.1 Å². The topological polar surface area (TPSA) is 9.86 Å². The summed E-state index contributed by atoms with van der Waals surface area (Å²) in [6.07, 6.45) is 0. The van der Waals surface area contributed by atoms with E-state index < -0.39 is 0 Å². The maximum absolute atomic E-state index is 2.44. The molecule has 0 amide bonds. The van der Waals surface area contributed by atoms with Crippen molar-refractivity contribution in [2.45, 2.75) is 19.6 Å². The van der Waals surface area contributed by atoms with Crippen LogP contribution in [0.4, 0.5) is 0 Å². The average Bonchev–Trinajstić information content (AvgIpc) is 3.74. The van der Waals surface area contributed by atoms with Gasteiger partial charge in [-0.05, 0) is 60.7 Å². The smallest absolute Gasteiger partial charge is 0.242 e. The van der Waals surface area contributed by atoms with Gasteiger partial charge in [0.25, 0.3) is 0 Å². The van der Waals surface area contributed by atoms with Gasteiger partial charge in [-0.25, -0.2) is 0 Å². The van der Waals surface area contributed by atoms with E-state index in [0.717, 1.165) is 0 Å². The molecule has 0 atom stereocenters. The fraction of sp³-hybridized carbons (Fsp3) is 0. The fourth-order valence-electron chi connectivity index (χ4n) is 9.99. The van der Waals surface area contributed by atoms with Crippen molar-refractivity contribution < 1.29 is 0 Å². The van der Waals surface area contributed by atoms with E-state index >= 15 is 0 Å². The Balaban J connectivity index is 0.980. The summed E-state index contributed by atoms with van der Waals surface area (Å²) in [6, 6.07) is 63.8. The van der Waals surface area contributed by atoms with Crippen LogP contribution < -0.4 is 32.8 Å². The van der Waals surface area contributed by atoms with E-state index in [1.54, 1.807) is 0 Å². The van der Waals surface area contributed by atoms with Gasteiger partial charge in [-0.1, -0.05) is 165 Å². The number of rotatable bonds is 2. The molecule has 54 heavy (non-hydrogen) atoms. The van der Waals surface area contributed by atoms with E-state index in [1.807, 2.05) is 23.5 Å². The van der Waals surface area contributed by atoms with Gasteiger partial charge >= 0.3 is 0 Å². The van der Waals surface area contributed by atoms with Crippen LogP contribution in [0, 0.1) is 0 Å². The van der Waals surface area contributed by atoms with Gasteiger partial charge < -0.3 is 9.13 Å². The maximum Gasteiger partial charge on any atom is 0.242 e. The number of hydrogen-bond donors (Lipinski definition) is 0. The van der Waals surface area contributed by atoms with Crippen molar-refractivity contribution in [1.82, 2.24) is 9.13 Å². The molecular weight excluding hydrogens is 690 g/mol. The Morgan fingerprint density at radius 3 is 1.07 bits per heavy atom. The summed E-state index contributed by atoms with van der Waals surface area (Å²) in [5.74, 6) is 0. The third kappa shape index (κ3) is 3.87. The zero-order chi connectivity index (χ0) is 35.1. The van der Waals surface area contributed by atoms with E-state index in [1.165, 1.54) is 107 Å². The van der Waals surface area contributed by atoms with Gasteiger partial charge in [-0.3, -0.25) is 0 Å². The Morgan fingerprint density at radius 2 is 0.685 bits per heavy atom. The first kappa shape index (κ1) is 29.6. The summed E-state index contributed by atoms with van der Waals surface area (Å²) < 4.78 is 4.89. The quantitative estimate of drug-likeness (QED) is 0.167. The highest BCUT2D eigenvalue weighted by atomic mass is 32.2. The van der Waals surface area contributed by atoms with Crippen molar-refractivity contribution in [3.8, 4) is 11.4 Å². The lowest BCUT2D eigenvalue weighted by Crippen LogP contribution is -2.77. The number of nitrogens with zero attached hydrogens (tertiary/aromatic N) is 2. The molecule has 0 saturated heterocycles. The molecule has 0 unspecified atom stereocenters. The highest BCUT2D eigenvalue weighted by molar-refractivity contribution is 8.00. The molecule has 13 rings (SSSR count). The van der Waals surface area contributed by atoms with Crippen LogP contribution >= 0.6 is 23.5 Å². The van der Waals surface area contributed by atoms with Crippen LogP contribution in [0.5, 0.6) is 0 Å². The molecule has 2 aromatic heterocycles. The SMILES string of the molecule is c1cc2c3c(c1)B1c4ccc(-n5c6ccccc6c6ccccc65)cc4Sc4cccc(c41)B3c1ccc(-n3c4ccccc4c4ccccc43)cc1S2. The molecule has 0 aliphatic carbocycles. The molecule has 248 valence electrons. The number of aromatic nitrogens is 2. The largest absolute Gasteiger partial charge is 0.309 e. The Morgan fingerprint density at radius 1 is 0.315 bits per heavy atom. The molecule has 5 heterocycles.